The molecule has 1 saturated heterocycles. The average Bonchev–Trinajstić information content (AvgIpc) is 3.17. The lowest BCUT2D eigenvalue weighted by Gasteiger charge is -2.33. The Kier molecular flexibility index (Phi) is 6.80. The van der Waals surface area contributed by atoms with Gasteiger partial charge >= 0.3 is 6.09 Å². The molecule has 0 saturated carbocycles. The van der Waals surface area contributed by atoms with Crippen LogP contribution in [0.15, 0.2) is 29.1 Å². The van der Waals surface area contributed by atoms with Crippen LogP contribution >= 0.6 is 11.6 Å². The van der Waals surface area contributed by atoms with Crippen molar-refractivity contribution < 1.29 is 9.53 Å². The number of nitrogens with zero attached hydrogens (tertiary/aromatic N) is 2. The first-order chi connectivity index (χ1) is 16.4. The summed E-state index contributed by atoms with van der Waals surface area (Å²) in [5, 5.41) is 1.42. The van der Waals surface area contributed by atoms with E-state index in [-0.39, 0.29) is 22.6 Å². The molecule has 0 spiro atoms. The first-order valence-corrected chi connectivity index (χ1v) is 12.7. The number of hydrogen-bond donors (Lipinski definition) is 1. The molecule has 0 bridgehead atoms. The Hall–Kier alpha value is -2.73. The maximum absolute atomic E-state index is 12.5. The van der Waals surface area contributed by atoms with Crippen LogP contribution in [0, 0.1) is 6.92 Å². The van der Waals surface area contributed by atoms with Crippen molar-refractivity contribution in [2.75, 3.05) is 13.1 Å². The summed E-state index contributed by atoms with van der Waals surface area (Å²) >= 11 is 6.28. The van der Waals surface area contributed by atoms with Gasteiger partial charge in [0.05, 0.1) is 5.69 Å². The SMILES string of the molecule is Cc1c(-c2[nH]c3ccc(C4CCN(C(=O)OC(C)(C)C)CC4)cc3c2C(C)C)cc(Cl)c(=O)n1C. The molecule has 1 aliphatic rings. The minimum Gasteiger partial charge on any atom is -0.444 e. The van der Waals surface area contributed by atoms with Gasteiger partial charge in [0.15, 0.2) is 0 Å². The molecule has 1 fully saturated rings. The standard InChI is InChI=1S/C28H36ClN3O3/c1-16(2)24-21-14-19(18-10-12-32(13-11-18)27(34)35-28(4,5)6)8-9-23(21)30-25(24)20-15-22(29)26(33)31(7)17(20)3/h8-9,14-16,18,30H,10-13H2,1-7H3. The molecule has 2 aromatic heterocycles. The number of nitrogens with one attached hydrogen (secondary N) is 1. The first-order valence-electron chi connectivity index (χ1n) is 12.4. The smallest absolute Gasteiger partial charge is 0.410 e. The van der Waals surface area contributed by atoms with Crippen molar-refractivity contribution in [2.45, 2.75) is 71.8 Å². The van der Waals surface area contributed by atoms with Gasteiger partial charge in [0.1, 0.15) is 10.6 Å². The second-order valence-corrected chi connectivity index (χ2v) is 11.4. The van der Waals surface area contributed by atoms with Gasteiger partial charge in [-0.1, -0.05) is 31.5 Å². The number of ether oxygens (including phenoxy) is 1. The fourth-order valence-electron chi connectivity index (χ4n) is 5.06. The number of piperidine rings is 1. The Morgan fingerprint density at radius 3 is 2.43 bits per heavy atom. The fraction of sp³-hybridized carbons (Fsp3) is 0.500. The number of halogens is 1. The minimum absolute atomic E-state index is 0.185. The number of aromatic amines is 1. The molecule has 1 N–H and O–H groups in total. The molecular weight excluding hydrogens is 462 g/mol. The molecule has 3 aromatic rings. The van der Waals surface area contributed by atoms with Gasteiger partial charge in [-0.2, -0.15) is 0 Å². The number of aromatic nitrogens is 2. The first kappa shape index (κ1) is 25.4. The summed E-state index contributed by atoms with van der Waals surface area (Å²) in [7, 11) is 1.76. The van der Waals surface area contributed by atoms with Gasteiger partial charge in [0.25, 0.3) is 5.56 Å². The quantitative estimate of drug-likeness (QED) is 0.436. The molecule has 35 heavy (non-hydrogen) atoms. The molecule has 1 amide bonds. The number of amides is 1. The minimum atomic E-state index is -0.480. The second kappa shape index (κ2) is 9.38. The van der Waals surface area contributed by atoms with Crippen molar-refractivity contribution in [1.29, 1.82) is 0 Å². The normalized spacial score (nSPS) is 15.3. The highest BCUT2D eigenvalue weighted by Crippen LogP contribution is 2.39. The average molecular weight is 498 g/mol. The van der Waals surface area contributed by atoms with Crippen LogP contribution in [0.5, 0.6) is 0 Å². The second-order valence-electron chi connectivity index (χ2n) is 11.0. The third-order valence-electron chi connectivity index (χ3n) is 7.00. The van der Waals surface area contributed by atoms with Gasteiger partial charge in [-0.25, -0.2) is 4.79 Å². The summed E-state index contributed by atoms with van der Waals surface area (Å²) in [4.78, 5) is 30.2. The van der Waals surface area contributed by atoms with E-state index >= 15 is 0 Å². The fourth-order valence-corrected chi connectivity index (χ4v) is 5.29. The Balaban J connectivity index is 1.67. The number of likely N-dealkylation sites (tertiary alicyclic amines) is 1. The van der Waals surface area contributed by atoms with Gasteiger partial charge in [-0.15, -0.1) is 0 Å². The molecule has 0 unspecified atom stereocenters. The van der Waals surface area contributed by atoms with Crippen LogP contribution in [0.3, 0.4) is 0 Å². The van der Waals surface area contributed by atoms with Gasteiger partial charge < -0.3 is 19.2 Å². The lowest BCUT2D eigenvalue weighted by molar-refractivity contribution is 0.0205. The lowest BCUT2D eigenvalue weighted by Crippen LogP contribution is -2.41. The van der Waals surface area contributed by atoms with Crippen molar-refractivity contribution in [1.82, 2.24) is 14.5 Å². The number of pyridine rings is 1. The van der Waals surface area contributed by atoms with Crippen LogP contribution in [0.25, 0.3) is 22.2 Å². The van der Waals surface area contributed by atoms with E-state index in [0.29, 0.717) is 19.0 Å². The Morgan fingerprint density at radius 1 is 1.17 bits per heavy atom. The molecule has 0 atom stereocenters. The van der Waals surface area contributed by atoms with E-state index in [2.05, 4.69) is 37.0 Å². The maximum Gasteiger partial charge on any atom is 0.410 e. The van der Waals surface area contributed by atoms with Crippen molar-refractivity contribution in [3.63, 3.8) is 0 Å². The van der Waals surface area contributed by atoms with Crippen molar-refractivity contribution in [3.8, 4) is 11.3 Å². The van der Waals surface area contributed by atoms with E-state index in [4.69, 9.17) is 16.3 Å². The predicted octanol–water partition coefficient (Wildman–Crippen LogP) is 6.73. The highest BCUT2D eigenvalue weighted by atomic mass is 35.5. The van der Waals surface area contributed by atoms with Crippen LogP contribution in [0.2, 0.25) is 5.02 Å². The molecule has 0 aliphatic carbocycles. The van der Waals surface area contributed by atoms with Crippen molar-refractivity contribution >= 4 is 28.6 Å². The molecule has 6 nitrogen and oxygen atoms in total. The highest BCUT2D eigenvalue weighted by molar-refractivity contribution is 6.30. The van der Waals surface area contributed by atoms with E-state index in [9.17, 15) is 9.59 Å². The van der Waals surface area contributed by atoms with Crippen LogP contribution in [0.1, 0.15) is 76.1 Å². The van der Waals surface area contributed by atoms with Crippen molar-refractivity contribution in [2.24, 2.45) is 7.05 Å². The predicted molar refractivity (Wildman–Crippen MR) is 143 cm³/mol. The third-order valence-corrected chi connectivity index (χ3v) is 7.27. The molecule has 188 valence electrons. The van der Waals surface area contributed by atoms with E-state index in [0.717, 1.165) is 35.3 Å². The number of carbonyl (C=O) groups is 1. The topological polar surface area (TPSA) is 67.3 Å². The zero-order chi connectivity index (χ0) is 25.7. The van der Waals surface area contributed by atoms with Crippen LogP contribution in [0.4, 0.5) is 4.79 Å². The molecule has 7 heteroatoms. The van der Waals surface area contributed by atoms with Crippen LogP contribution in [-0.2, 0) is 11.8 Å². The van der Waals surface area contributed by atoms with Gasteiger partial charge in [0.2, 0.25) is 0 Å². The summed E-state index contributed by atoms with van der Waals surface area (Å²) < 4.78 is 7.16. The Bertz CT molecular complexity index is 1320. The summed E-state index contributed by atoms with van der Waals surface area (Å²) in [6.07, 6.45) is 1.60. The molecule has 1 aromatic carbocycles. The van der Waals surface area contributed by atoms with Crippen molar-refractivity contribution in [3.05, 3.63) is 56.5 Å². The van der Waals surface area contributed by atoms with E-state index < -0.39 is 5.60 Å². The van der Waals surface area contributed by atoms with Crippen LogP contribution < -0.4 is 5.56 Å². The number of H-pyrrole nitrogens is 1. The van der Waals surface area contributed by atoms with Gasteiger partial charge in [-0.3, -0.25) is 4.79 Å². The van der Waals surface area contributed by atoms with E-state index in [1.807, 2.05) is 32.6 Å². The van der Waals surface area contributed by atoms with Gasteiger partial charge in [-0.05, 0) is 81.7 Å². The Morgan fingerprint density at radius 2 is 1.83 bits per heavy atom. The largest absolute Gasteiger partial charge is 0.444 e. The van der Waals surface area contributed by atoms with Crippen LogP contribution in [-0.4, -0.2) is 39.2 Å². The number of rotatable bonds is 3. The molecule has 3 heterocycles. The maximum atomic E-state index is 12.5. The molecule has 1 aliphatic heterocycles. The van der Waals surface area contributed by atoms with E-state index in [1.165, 1.54) is 16.5 Å². The number of hydrogen-bond acceptors (Lipinski definition) is 3. The summed E-state index contributed by atoms with van der Waals surface area (Å²) in [6.45, 7) is 13.4. The summed E-state index contributed by atoms with van der Waals surface area (Å²) in [5.74, 6) is 0.670. The summed E-state index contributed by atoms with van der Waals surface area (Å²) in [6, 6.07) is 8.43. The monoisotopic (exact) mass is 497 g/mol. The number of benzene rings is 1. The zero-order valence-corrected chi connectivity index (χ0v) is 22.5. The van der Waals surface area contributed by atoms with Gasteiger partial charge in [0, 0.05) is 42.3 Å². The summed E-state index contributed by atoms with van der Waals surface area (Å²) in [5.41, 5.74) is 5.77. The molecule has 0 radical (unpaired) electrons. The number of fused-ring (bicyclic) bond motifs is 1. The third kappa shape index (κ3) is 4.99. The molecule has 4 rings (SSSR count). The Labute approximate surface area is 212 Å². The molecular formula is C28H36ClN3O3. The zero-order valence-electron chi connectivity index (χ0n) is 21.8. The van der Waals surface area contributed by atoms with E-state index in [1.54, 1.807) is 17.7 Å². The lowest BCUT2D eigenvalue weighted by atomic mass is 9.87. The number of carbonyl (C=O) groups excluding carboxylic acids is 1. The highest BCUT2D eigenvalue weighted by Gasteiger charge is 2.28.